The molecule has 1 atom stereocenters. The normalized spacial score (nSPS) is 18.3. The summed E-state index contributed by atoms with van der Waals surface area (Å²) >= 11 is 0. The van der Waals surface area contributed by atoms with Crippen molar-refractivity contribution in [3.8, 4) is 0 Å². The Hall–Kier alpha value is -2.48. The summed E-state index contributed by atoms with van der Waals surface area (Å²) in [6, 6.07) is 12.8. The van der Waals surface area contributed by atoms with Gasteiger partial charge in [-0.2, -0.15) is 0 Å². The average Bonchev–Trinajstić information content (AvgIpc) is 2.77. The summed E-state index contributed by atoms with van der Waals surface area (Å²) in [5.74, 6) is -0.854. The van der Waals surface area contributed by atoms with Crippen molar-refractivity contribution >= 4 is 11.6 Å². The average molecular weight is 428 g/mol. The standard InChI is InChI=1S/C24H30FN3O3/c25-20-11-19(12-22(13-20)27-21-6-9-31-10-7-21)24(30)26-14-23(29)16-28-8-5-17-3-1-2-4-18(17)15-28/h1-4,11-13,21,23,27,29H,5-10,14-16H2,(H,26,30). The molecule has 6 nitrogen and oxygen atoms in total. The molecule has 0 bridgehead atoms. The van der Waals surface area contributed by atoms with Crippen molar-refractivity contribution in [3.63, 3.8) is 0 Å². The molecule has 0 spiro atoms. The molecule has 4 rings (SSSR count). The first kappa shape index (κ1) is 21.7. The van der Waals surface area contributed by atoms with Gasteiger partial charge in [-0.05, 0) is 48.6 Å². The van der Waals surface area contributed by atoms with Gasteiger partial charge in [-0.3, -0.25) is 9.69 Å². The number of β-amino-alcohol motifs (C(OH)–C–C–N with tert-alkyl or cyclic N) is 1. The Morgan fingerprint density at radius 1 is 1.19 bits per heavy atom. The summed E-state index contributed by atoms with van der Waals surface area (Å²) in [7, 11) is 0. The number of aliphatic hydroxyl groups is 1. The van der Waals surface area contributed by atoms with Crippen LogP contribution in [-0.4, -0.2) is 60.9 Å². The Morgan fingerprint density at radius 2 is 1.97 bits per heavy atom. The maximum absolute atomic E-state index is 14.1. The predicted molar refractivity (Wildman–Crippen MR) is 118 cm³/mol. The quantitative estimate of drug-likeness (QED) is 0.633. The number of nitrogens with zero attached hydrogens (tertiary/aromatic N) is 1. The van der Waals surface area contributed by atoms with E-state index in [4.69, 9.17) is 4.74 Å². The molecule has 31 heavy (non-hydrogen) atoms. The Morgan fingerprint density at radius 3 is 2.77 bits per heavy atom. The van der Waals surface area contributed by atoms with Gasteiger partial charge in [-0.1, -0.05) is 24.3 Å². The highest BCUT2D eigenvalue weighted by Gasteiger charge is 2.20. The maximum atomic E-state index is 14.1. The molecule has 2 heterocycles. The topological polar surface area (TPSA) is 73.8 Å². The molecule has 2 aliphatic rings. The Kier molecular flexibility index (Phi) is 7.17. The van der Waals surface area contributed by atoms with Crippen LogP contribution in [0.2, 0.25) is 0 Å². The number of carbonyl (C=O) groups is 1. The van der Waals surface area contributed by atoms with E-state index in [-0.39, 0.29) is 18.2 Å². The van der Waals surface area contributed by atoms with Gasteiger partial charge in [-0.25, -0.2) is 4.39 Å². The molecule has 3 N–H and O–H groups in total. The number of halogens is 1. The minimum absolute atomic E-state index is 0.121. The van der Waals surface area contributed by atoms with E-state index < -0.39 is 17.8 Å². The summed E-state index contributed by atoms with van der Waals surface area (Å²) < 4.78 is 19.4. The van der Waals surface area contributed by atoms with Gasteiger partial charge in [0.1, 0.15) is 5.82 Å². The lowest BCUT2D eigenvalue weighted by Crippen LogP contribution is -2.42. The van der Waals surface area contributed by atoms with Gasteiger partial charge in [0, 0.05) is 56.7 Å². The Labute approximate surface area is 182 Å². The smallest absolute Gasteiger partial charge is 0.251 e. The van der Waals surface area contributed by atoms with Crippen molar-refractivity contribution in [2.75, 3.05) is 38.2 Å². The van der Waals surface area contributed by atoms with Crippen LogP contribution in [0.3, 0.4) is 0 Å². The lowest BCUT2D eigenvalue weighted by Gasteiger charge is -2.30. The van der Waals surface area contributed by atoms with E-state index in [1.807, 2.05) is 6.07 Å². The minimum Gasteiger partial charge on any atom is -0.390 e. The van der Waals surface area contributed by atoms with Gasteiger partial charge in [0.25, 0.3) is 5.91 Å². The van der Waals surface area contributed by atoms with Crippen molar-refractivity contribution < 1.29 is 19.0 Å². The van der Waals surface area contributed by atoms with Gasteiger partial charge in [-0.15, -0.1) is 0 Å². The van der Waals surface area contributed by atoms with Crippen molar-refractivity contribution in [2.45, 2.75) is 38.0 Å². The largest absolute Gasteiger partial charge is 0.390 e. The first-order chi connectivity index (χ1) is 15.1. The number of ether oxygens (including phenoxy) is 1. The number of rotatable bonds is 7. The highest BCUT2D eigenvalue weighted by Crippen LogP contribution is 2.20. The number of amides is 1. The SMILES string of the molecule is O=C(NCC(O)CN1CCc2ccccc2C1)c1cc(F)cc(NC2CCOCC2)c1. The Bertz CT molecular complexity index is 901. The highest BCUT2D eigenvalue weighted by atomic mass is 19.1. The van der Waals surface area contributed by atoms with E-state index >= 15 is 0 Å². The van der Waals surface area contributed by atoms with Gasteiger partial charge >= 0.3 is 0 Å². The highest BCUT2D eigenvalue weighted by molar-refractivity contribution is 5.95. The fraction of sp³-hybridized carbons (Fsp3) is 0.458. The van der Waals surface area contributed by atoms with Crippen molar-refractivity contribution in [3.05, 3.63) is 65.0 Å². The zero-order chi connectivity index (χ0) is 21.6. The third-order valence-electron chi connectivity index (χ3n) is 5.93. The second kappa shape index (κ2) is 10.2. The van der Waals surface area contributed by atoms with Crippen molar-refractivity contribution in [1.82, 2.24) is 10.2 Å². The maximum Gasteiger partial charge on any atom is 0.251 e. The molecule has 7 heteroatoms. The number of fused-ring (bicyclic) bond motifs is 1. The summed E-state index contributed by atoms with van der Waals surface area (Å²) in [6.07, 6.45) is 1.97. The summed E-state index contributed by atoms with van der Waals surface area (Å²) in [5.41, 5.74) is 3.48. The second-order valence-electron chi connectivity index (χ2n) is 8.38. The first-order valence-electron chi connectivity index (χ1n) is 11.0. The van der Waals surface area contributed by atoms with Crippen LogP contribution in [0, 0.1) is 5.82 Å². The third-order valence-corrected chi connectivity index (χ3v) is 5.93. The van der Waals surface area contributed by atoms with Crippen molar-refractivity contribution in [2.24, 2.45) is 0 Å². The van der Waals surface area contributed by atoms with Gasteiger partial charge in [0.2, 0.25) is 0 Å². The zero-order valence-corrected chi connectivity index (χ0v) is 17.6. The van der Waals surface area contributed by atoms with Crippen LogP contribution in [-0.2, 0) is 17.7 Å². The molecule has 1 fully saturated rings. The fourth-order valence-electron chi connectivity index (χ4n) is 4.27. The second-order valence-corrected chi connectivity index (χ2v) is 8.38. The first-order valence-corrected chi connectivity index (χ1v) is 11.0. The van der Waals surface area contributed by atoms with E-state index in [1.165, 1.54) is 23.3 Å². The molecule has 0 saturated carbocycles. The molecule has 2 aliphatic heterocycles. The number of nitrogens with one attached hydrogen (secondary N) is 2. The fourth-order valence-corrected chi connectivity index (χ4v) is 4.27. The number of hydrogen-bond donors (Lipinski definition) is 3. The van der Waals surface area contributed by atoms with E-state index in [0.29, 0.717) is 25.4 Å². The van der Waals surface area contributed by atoms with Crippen LogP contribution < -0.4 is 10.6 Å². The molecule has 0 radical (unpaired) electrons. The van der Waals surface area contributed by atoms with Crippen LogP contribution in [0.5, 0.6) is 0 Å². The van der Waals surface area contributed by atoms with Gasteiger partial charge in [0.15, 0.2) is 0 Å². The lowest BCUT2D eigenvalue weighted by molar-refractivity contribution is 0.0841. The van der Waals surface area contributed by atoms with E-state index in [1.54, 1.807) is 6.07 Å². The molecule has 1 unspecified atom stereocenters. The number of aliphatic hydroxyl groups excluding tert-OH is 1. The lowest BCUT2D eigenvalue weighted by atomic mass is 10.00. The van der Waals surface area contributed by atoms with Crippen molar-refractivity contribution in [1.29, 1.82) is 0 Å². The zero-order valence-electron chi connectivity index (χ0n) is 17.6. The summed E-state index contributed by atoms with van der Waals surface area (Å²) in [5, 5.41) is 16.4. The molecule has 2 aromatic carbocycles. The third kappa shape index (κ3) is 6.03. The molecule has 1 amide bonds. The van der Waals surface area contributed by atoms with E-state index in [0.717, 1.165) is 32.4 Å². The van der Waals surface area contributed by atoms with Crippen LogP contribution in [0.4, 0.5) is 10.1 Å². The summed E-state index contributed by atoms with van der Waals surface area (Å²) in [4.78, 5) is 14.7. The van der Waals surface area contributed by atoms with Crippen LogP contribution in [0.15, 0.2) is 42.5 Å². The Balaban J connectivity index is 1.28. The van der Waals surface area contributed by atoms with E-state index in [9.17, 15) is 14.3 Å². The molecule has 1 saturated heterocycles. The number of anilines is 1. The molecule has 166 valence electrons. The van der Waals surface area contributed by atoms with Gasteiger partial charge in [0.05, 0.1) is 6.10 Å². The van der Waals surface area contributed by atoms with Crippen LogP contribution in [0.25, 0.3) is 0 Å². The minimum atomic E-state index is -0.692. The summed E-state index contributed by atoms with van der Waals surface area (Å²) in [6.45, 7) is 3.64. The van der Waals surface area contributed by atoms with E-state index in [2.05, 4.69) is 33.7 Å². The van der Waals surface area contributed by atoms with Gasteiger partial charge < -0.3 is 20.5 Å². The number of carbonyl (C=O) groups excluding carboxylic acids is 1. The molecule has 2 aromatic rings. The molecular weight excluding hydrogens is 397 g/mol. The number of benzene rings is 2. The molecular formula is C24H30FN3O3. The monoisotopic (exact) mass is 427 g/mol. The predicted octanol–water partition coefficient (Wildman–Crippen LogP) is 2.57. The van der Waals surface area contributed by atoms with Crippen LogP contribution >= 0.6 is 0 Å². The molecule has 0 aromatic heterocycles. The number of hydrogen-bond acceptors (Lipinski definition) is 5. The van der Waals surface area contributed by atoms with Crippen LogP contribution in [0.1, 0.15) is 34.3 Å². The molecule has 0 aliphatic carbocycles.